The molecule has 0 saturated carbocycles. The molecule has 6 nitrogen and oxygen atoms in total. The molecule has 0 atom stereocenters. The molecule has 0 aromatic heterocycles. The quantitative estimate of drug-likeness (QED) is 0.518. The zero-order chi connectivity index (χ0) is 20.6. The van der Waals surface area contributed by atoms with Crippen molar-refractivity contribution in [3.05, 3.63) is 65.0 Å². The molecule has 0 radical (unpaired) electrons. The summed E-state index contributed by atoms with van der Waals surface area (Å²) in [7, 11) is 0.0336. The number of hydrogen-bond acceptors (Lipinski definition) is 4. The number of aliphatic imine (C=N–C) groups is 1. The van der Waals surface area contributed by atoms with Crippen LogP contribution in [0.3, 0.4) is 0 Å². The molecule has 0 spiro atoms. The Bertz CT molecular complexity index is 913. The van der Waals surface area contributed by atoms with Crippen molar-refractivity contribution >= 4 is 15.8 Å². The molecule has 0 heterocycles. The lowest BCUT2D eigenvalue weighted by molar-refractivity contribution is 0.181. The van der Waals surface area contributed by atoms with Gasteiger partial charge < -0.3 is 15.4 Å². The van der Waals surface area contributed by atoms with Gasteiger partial charge in [0.15, 0.2) is 15.8 Å². The molecule has 2 N–H and O–H groups in total. The Morgan fingerprint density at radius 1 is 1.11 bits per heavy atom. The largest absolute Gasteiger partial charge is 0.380 e. The second-order valence-electron chi connectivity index (χ2n) is 6.38. The van der Waals surface area contributed by atoms with Crippen molar-refractivity contribution in [3.63, 3.8) is 0 Å². The molecule has 0 amide bonds. The molecule has 0 bridgehead atoms. The molecule has 0 aliphatic carbocycles. The van der Waals surface area contributed by atoms with Crippen LogP contribution in [0.15, 0.2) is 52.4 Å². The van der Waals surface area contributed by atoms with Crippen LogP contribution in [0.4, 0.5) is 4.39 Å². The van der Waals surface area contributed by atoms with Crippen molar-refractivity contribution in [2.75, 3.05) is 27.0 Å². The Morgan fingerprint density at radius 3 is 2.39 bits per heavy atom. The number of nitrogens with one attached hydrogen (secondary N) is 2. The van der Waals surface area contributed by atoms with Gasteiger partial charge in [0.25, 0.3) is 0 Å². The van der Waals surface area contributed by atoms with Gasteiger partial charge in [-0.15, -0.1) is 0 Å². The number of sulfone groups is 1. The zero-order valence-electron chi connectivity index (χ0n) is 16.3. The highest BCUT2D eigenvalue weighted by Gasteiger charge is 2.07. The van der Waals surface area contributed by atoms with E-state index in [1.54, 1.807) is 31.3 Å². The number of benzene rings is 2. The summed E-state index contributed by atoms with van der Waals surface area (Å²) >= 11 is 0. The monoisotopic (exact) mass is 407 g/mol. The zero-order valence-corrected chi connectivity index (χ0v) is 17.1. The lowest BCUT2D eigenvalue weighted by atomic mass is 10.1. The number of rotatable bonds is 8. The maximum atomic E-state index is 13.7. The highest BCUT2D eigenvalue weighted by Crippen LogP contribution is 2.12. The van der Waals surface area contributed by atoms with E-state index >= 15 is 0 Å². The summed E-state index contributed by atoms with van der Waals surface area (Å²) in [5.74, 6) is 0.348. The fourth-order valence-corrected chi connectivity index (χ4v) is 3.27. The van der Waals surface area contributed by atoms with E-state index in [1.807, 2.05) is 12.1 Å². The lowest BCUT2D eigenvalue weighted by Crippen LogP contribution is -2.37. The summed E-state index contributed by atoms with van der Waals surface area (Å²) in [4.78, 5) is 4.49. The molecule has 0 unspecified atom stereocenters. The summed E-state index contributed by atoms with van der Waals surface area (Å²) in [6, 6.07) is 11.8. The molecular formula is C20H26FN3O3S. The van der Waals surface area contributed by atoms with Gasteiger partial charge in [0.1, 0.15) is 5.82 Å². The number of nitrogens with zero attached hydrogens (tertiary/aromatic N) is 1. The van der Waals surface area contributed by atoms with E-state index in [2.05, 4.69) is 15.6 Å². The Hall–Kier alpha value is -2.45. The van der Waals surface area contributed by atoms with Gasteiger partial charge >= 0.3 is 0 Å². The maximum absolute atomic E-state index is 13.7. The summed E-state index contributed by atoms with van der Waals surface area (Å²) in [5, 5.41) is 6.39. The maximum Gasteiger partial charge on any atom is 0.191 e. The number of methoxy groups -OCH3 is 1. The first-order valence-electron chi connectivity index (χ1n) is 8.83. The fourth-order valence-electron chi connectivity index (χ4n) is 2.64. The third kappa shape index (κ3) is 6.61. The van der Waals surface area contributed by atoms with E-state index in [-0.39, 0.29) is 12.4 Å². The SMILES string of the molecule is CN=C(NCCc1ccc(S(C)(=O)=O)cc1)NCc1ccc(F)c(COC)c1. The molecule has 0 fully saturated rings. The summed E-state index contributed by atoms with van der Waals surface area (Å²) < 4.78 is 41.6. The Balaban J connectivity index is 1.84. The van der Waals surface area contributed by atoms with E-state index < -0.39 is 9.84 Å². The molecular weight excluding hydrogens is 381 g/mol. The predicted octanol–water partition coefficient (Wildman–Crippen LogP) is 2.28. The lowest BCUT2D eigenvalue weighted by Gasteiger charge is -2.13. The first-order chi connectivity index (χ1) is 13.3. The van der Waals surface area contributed by atoms with Gasteiger partial charge in [0.05, 0.1) is 11.5 Å². The van der Waals surface area contributed by atoms with E-state index in [0.29, 0.717) is 29.5 Å². The van der Waals surface area contributed by atoms with Crippen LogP contribution in [0.25, 0.3) is 0 Å². The minimum Gasteiger partial charge on any atom is -0.380 e. The van der Waals surface area contributed by atoms with Crippen LogP contribution in [0.1, 0.15) is 16.7 Å². The minimum absolute atomic E-state index is 0.227. The Labute approximate surface area is 165 Å². The Kier molecular flexibility index (Phi) is 7.95. The molecule has 0 aliphatic heterocycles. The number of hydrogen-bond donors (Lipinski definition) is 2. The van der Waals surface area contributed by atoms with Crippen LogP contribution in [0, 0.1) is 5.82 Å². The van der Waals surface area contributed by atoms with Crippen LogP contribution in [-0.2, 0) is 34.1 Å². The summed E-state index contributed by atoms with van der Waals surface area (Å²) in [6.45, 7) is 1.36. The summed E-state index contributed by atoms with van der Waals surface area (Å²) in [6.07, 6.45) is 1.91. The molecule has 8 heteroatoms. The first-order valence-corrected chi connectivity index (χ1v) is 10.7. The molecule has 0 aliphatic rings. The van der Waals surface area contributed by atoms with Gasteiger partial charge in [-0.3, -0.25) is 4.99 Å². The van der Waals surface area contributed by atoms with Crippen molar-refractivity contribution in [3.8, 4) is 0 Å². The first kappa shape index (κ1) is 21.8. The average molecular weight is 408 g/mol. The Morgan fingerprint density at radius 2 is 1.79 bits per heavy atom. The van der Waals surface area contributed by atoms with Crippen molar-refractivity contribution in [1.82, 2.24) is 10.6 Å². The van der Waals surface area contributed by atoms with E-state index in [0.717, 1.165) is 17.5 Å². The molecule has 152 valence electrons. The van der Waals surface area contributed by atoms with Crippen LogP contribution in [0.2, 0.25) is 0 Å². The van der Waals surface area contributed by atoms with Gasteiger partial charge in [0.2, 0.25) is 0 Å². The third-order valence-corrected chi connectivity index (χ3v) is 5.28. The topological polar surface area (TPSA) is 79.8 Å². The van der Waals surface area contributed by atoms with Gasteiger partial charge in [0, 0.05) is 39.1 Å². The second-order valence-corrected chi connectivity index (χ2v) is 8.39. The van der Waals surface area contributed by atoms with Gasteiger partial charge in [-0.25, -0.2) is 12.8 Å². The van der Waals surface area contributed by atoms with Crippen molar-refractivity contribution in [1.29, 1.82) is 0 Å². The average Bonchev–Trinajstić information content (AvgIpc) is 2.66. The smallest absolute Gasteiger partial charge is 0.191 e. The number of ether oxygens (including phenoxy) is 1. The van der Waals surface area contributed by atoms with Crippen molar-refractivity contribution in [2.45, 2.75) is 24.5 Å². The van der Waals surface area contributed by atoms with E-state index in [1.165, 1.54) is 19.4 Å². The normalized spacial score (nSPS) is 12.1. The summed E-state index contributed by atoms with van der Waals surface area (Å²) in [5.41, 5.74) is 2.47. The molecule has 2 aromatic rings. The fraction of sp³-hybridized carbons (Fsp3) is 0.350. The standard InChI is InChI=1S/C20H26FN3O3S/c1-22-20(24-13-16-6-9-19(21)17(12-16)14-27-2)23-11-10-15-4-7-18(8-5-15)28(3,25)26/h4-9,12H,10-11,13-14H2,1-3H3,(H2,22,23,24). The van der Waals surface area contributed by atoms with E-state index in [4.69, 9.17) is 4.74 Å². The molecule has 2 rings (SSSR count). The van der Waals surface area contributed by atoms with Crippen molar-refractivity contribution in [2.24, 2.45) is 4.99 Å². The van der Waals surface area contributed by atoms with Crippen LogP contribution in [0.5, 0.6) is 0 Å². The number of halogens is 1. The molecule has 2 aromatic carbocycles. The predicted molar refractivity (Wildman–Crippen MR) is 109 cm³/mol. The highest BCUT2D eigenvalue weighted by atomic mass is 32.2. The van der Waals surface area contributed by atoms with Crippen molar-refractivity contribution < 1.29 is 17.5 Å². The van der Waals surface area contributed by atoms with Gasteiger partial charge in [-0.1, -0.05) is 18.2 Å². The number of guanidine groups is 1. The third-order valence-electron chi connectivity index (χ3n) is 4.15. The van der Waals surface area contributed by atoms with Crippen LogP contribution in [-0.4, -0.2) is 41.3 Å². The van der Waals surface area contributed by atoms with Gasteiger partial charge in [-0.05, 0) is 41.8 Å². The molecule has 28 heavy (non-hydrogen) atoms. The van der Waals surface area contributed by atoms with Crippen LogP contribution >= 0.6 is 0 Å². The molecule has 0 saturated heterocycles. The van der Waals surface area contributed by atoms with Crippen LogP contribution < -0.4 is 10.6 Å². The van der Waals surface area contributed by atoms with Gasteiger partial charge in [-0.2, -0.15) is 0 Å². The minimum atomic E-state index is -3.18. The van der Waals surface area contributed by atoms with E-state index in [9.17, 15) is 12.8 Å². The second kappa shape index (κ2) is 10.2. The highest BCUT2D eigenvalue weighted by molar-refractivity contribution is 7.90.